The lowest BCUT2D eigenvalue weighted by Crippen LogP contribution is -2.05. The largest absolute Gasteiger partial charge is 0.352 e. The first-order valence-electron chi connectivity index (χ1n) is 6.79. The average molecular weight is 298 g/mol. The summed E-state index contributed by atoms with van der Waals surface area (Å²) in [6.45, 7) is 0.694. The monoisotopic (exact) mass is 297 g/mol. The molecule has 2 aromatic carbocycles. The standard InChI is InChI=1S/C17H16ClN3/c1-21-16(14-7-3-2-4-8-14)12-20-17(21)19-11-13-6-5-9-15(18)10-13/h2-10,12H,11H2,1H3,(H,19,20). The molecule has 3 rings (SSSR count). The van der Waals surface area contributed by atoms with Crippen LogP contribution in [0.2, 0.25) is 5.02 Å². The van der Waals surface area contributed by atoms with Crippen molar-refractivity contribution in [2.24, 2.45) is 7.05 Å². The van der Waals surface area contributed by atoms with E-state index in [1.165, 1.54) is 0 Å². The van der Waals surface area contributed by atoms with E-state index in [0.717, 1.165) is 27.8 Å². The van der Waals surface area contributed by atoms with E-state index in [4.69, 9.17) is 11.6 Å². The maximum atomic E-state index is 5.99. The van der Waals surface area contributed by atoms with E-state index >= 15 is 0 Å². The fraction of sp³-hybridized carbons (Fsp3) is 0.118. The van der Waals surface area contributed by atoms with Gasteiger partial charge in [0.1, 0.15) is 0 Å². The van der Waals surface area contributed by atoms with Crippen molar-refractivity contribution < 1.29 is 0 Å². The van der Waals surface area contributed by atoms with Crippen LogP contribution < -0.4 is 5.32 Å². The van der Waals surface area contributed by atoms with Gasteiger partial charge in [-0.2, -0.15) is 0 Å². The molecule has 0 amide bonds. The minimum absolute atomic E-state index is 0.694. The number of nitrogens with one attached hydrogen (secondary N) is 1. The molecule has 0 aliphatic carbocycles. The molecule has 0 spiro atoms. The Balaban J connectivity index is 1.77. The van der Waals surface area contributed by atoms with Crippen LogP contribution in [0.3, 0.4) is 0 Å². The fourth-order valence-corrected chi connectivity index (χ4v) is 2.49. The number of benzene rings is 2. The highest BCUT2D eigenvalue weighted by molar-refractivity contribution is 6.30. The summed E-state index contributed by atoms with van der Waals surface area (Å²) in [6, 6.07) is 18.1. The SMILES string of the molecule is Cn1c(-c2ccccc2)cnc1NCc1cccc(Cl)c1. The van der Waals surface area contributed by atoms with Gasteiger partial charge >= 0.3 is 0 Å². The lowest BCUT2D eigenvalue weighted by Gasteiger charge is -2.08. The van der Waals surface area contributed by atoms with Gasteiger partial charge in [-0.15, -0.1) is 0 Å². The van der Waals surface area contributed by atoms with Gasteiger partial charge in [-0.05, 0) is 23.3 Å². The van der Waals surface area contributed by atoms with Gasteiger partial charge in [-0.3, -0.25) is 0 Å². The summed E-state index contributed by atoms with van der Waals surface area (Å²) in [4.78, 5) is 4.45. The maximum Gasteiger partial charge on any atom is 0.203 e. The Bertz CT molecular complexity index is 735. The summed E-state index contributed by atoms with van der Waals surface area (Å²) in [5.41, 5.74) is 3.37. The second-order valence-electron chi connectivity index (χ2n) is 4.88. The lowest BCUT2D eigenvalue weighted by molar-refractivity contribution is 0.907. The van der Waals surface area contributed by atoms with Crippen molar-refractivity contribution in [2.45, 2.75) is 6.54 Å². The molecule has 0 saturated heterocycles. The minimum atomic E-state index is 0.694. The van der Waals surface area contributed by atoms with Crippen molar-refractivity contribution in [3.05, 3.63) is 71.4 Å². The third kappa shape index (κ3) is 3.09. The van der Waals surface area contributed by atoms with Gasteiger partial charge in [0.05, 0.1) is 11.9 Å². The molecule has 0 fully saturated rings. The molecule has 3 nitrogen and oxygen atoms in total. The summed E-state index contributed by atoms with van der Waals surface area (Å²) in [7, 11) is 2.01. The molecule has 0 unspecified atom stereocenters. The Morgan fingerprint density at radius 3 is 2.67 bits per heavy atom. The lowest BCUT2D eigenvalue weighted by atomic mass is 10.2. The van der Waals surface area contributed by atoms with Crippen LogP contribution in [-0.4, -0.2) is 9.55 Å². The van der Waals surface area contributed by atoms with Crippen molar-refractivity contribution in [3.8, 4) is 11.3 Å². The average Bonchev–Trinajstić information content (AvgIpc) is 2.87. The Hall–Kier alpha value is -2.26. The van der Waals surface area contributed by atoms with Gasteiger partial charge in [0.25, 0.3) is 0 Å². The van der Waals surface area contributed by atoms with E-state index in [9.17, 15) is 0 Å². The third-order valence-corrected chi connectivity index (χ3v) is 3.63. The highest BCUT2D eigenvalue weighted by atomic mass is 35.5. The normalized spacial score (nSPS) is 10.6. The van der Waals surface area contributed by atoms with E-state index in [1.54, 1.807) is 0 Å². The van der Waals surface area contributed by atoms with E-state index in [2.05, 4.69) is 27.0 Å². The number of aromatic nitrogens is 2. The summed E-state index contributed by atoms with van der Waals surface area (Å²) < 4.78 is 2.06. The molecule has 106 valence electrons. The number of halogens is 1. The van der Waals surface area contributed by atoms with Gasteiger partial charge in [0.2, 0.25) is 5.95 Å². The van der Waals surface area contributed by atoms with Crippen molar-refractivity contribution in [3.63, 3.8) is 0 Å². The van der Waals surface area contributed by atoms with Gasteiger partial charge in [-0.1, -0.05) is 54.1 Å². The Kier molecular flexibility index (Phi) is 3.93. The van der Waals surface area contributed by atoms with Crippen LogP contribution in [0.25, 0.3) is 11.3 Å². The zero-order chi connectivity index (χ0) is 14.7. The number of hydrogen-bond donors (Lipinski definition) is 1. The molecule has 1 N–H and O–H groups in total. The fourth-order valence-electron chi connectivity index (χ4n) is 2.28. The van der Waals surface area contributed by atoms with Crippen LogP contribution in [-0.2, 0) is 13.6 Å². The predicted molar refractivity (Wildman–Crippen MR) is 87.4 cm³/mol. The first-order chi connectivity index (χ1) is 10.2. The van der Waals surface area contributed by atoms with Crippen LogP contribution in [0.4, 0.5) is 5.95 Å². The number of anilines is 1. The highest BCUT2D eigenvalue weighted by Crippen LogP contribution is 2.21. The molecule has 4 heteroatoms. The van der Waals surface area contributed by atoms with Crippen molar-refractivity contribution in [1.82, 2.24) is 9.55 Å². The number of rotatable bonds is 4. The van der Waals surface area contributed by atoms with Crippen LogP contribution in [0.5, 0.6) is 0 Å². The molecular formula is C17H16ClN3. The van der Waals surface area contributed by atoms with Crippen LogP contribution in [0.15, 0.2) is 60.8 Å². The second kappa shape index (κ2) is 6.02. The predicted octanol–water partition coefficient (Wildman–Crippen LogP) is 4.35. The molecule has 1 aromatic heterocycles. The van der Waals surface area contributed by atoms with Crippen LogP contribution in [0, 0.1) is 0 Å². The summed E-state index contributed by atoms with van der Waals surface area (Å²) in [6.07, 6.45) is 1.88. The van der Waals surface area contributed by atoms with Crippen molar-refractivity contribution in [2.75, 3.05) is 5.32 Å². The smallest absolute Gasteiger partial charge is 0.203 e. The Morgan fingerprint density at radius 1 is 1.10 bits per heavy atom. The van der Waals surface area contributed by atoms with E-state index in [0.29, 0.717) is 6.54 Å². The molecule has 0 saturated carbocycles. The third-order valence-electron chi connectivity index (χ3n) is 3.40. The molecule has 0 radical (unpaired) electrons. The van der Waals surface area contributed by atoms with Gasteiger partial charge in [0, 0.05) is 18.6 Å². The van der Waals surface area contributed by atoms with Crippen LogP contribution in [0.1, 0.15) is 5.56 Å². The number of nitrogens with zero attached hydrogens (tertiary/aromatic N) is 2. The minimum Gasteiger partial charge on any atom is -0.352 e. The van der Waals surface area contributed by atoms with E-state index in [-0.39, 0.29) is 0 Å². The van der Waals surface area contributed by atoms with Gasteiger partial charge in [0.15, 0.2) is 0 Å². The first-order valence-corrected chi connectivity index (χ1v) is 7.17. The zero-order valence-electron chi connectivity index (χ0n) is 11.8. The topological polar surface area (TPSA) is 29.9 Å². The highest BCUT2D eigenvalue weighted by Gasteiger charge is 2.07. The Morgan fingerprint density at radius 2 is 1.90 bits per heavy atom. The summed E-state index contributed by atoms with van der Waals surface area (Å²) in [5, 5.41) is 4.09. The van der Waals surface area contributed by atoms with Crippen molar-refractivity contribution in [1.29, 1.82) is 0 Å². The van der Waals surface area contributed by atoms with E-state index < -0.39 is 0 Å². The molecule has 0 bridgehead atoms. The zero-order valence-corrected chi connectivity index (χ0v) is 12.5. The van der Waals surface area contributed by atoms with Crippen LogP contribution >= 0.6 is 11.6 Å². The second-order valence-corrected chi connectivity index (χ2v) is 5.31. The molecule has 0 aliphatic rings. The maximum absolute atomic E-state index is 5.99. The van der Waals surface area contributed by atoms with E-state index in [1.807, 2.05) is 55.7 Å². The molecule has 3 aromatic rings. The molecule has 0 aliphatic heterocycles. The Labute approximate surface area is 129 Å². The first kappa shape index (κ1) is 13.7. The van der Waals surface area contributed by atoms with Gasteiger partial charge < -0.3 is 9.88 Å². The molecule has 1 heterocycles. The van der Waals surface area contributed by atoms with Crippen molar-refractivity contribution >= 4 is 17.5 Å². The summed E-state index contributed by atoms with van der Waals surface area (Å²) >= 11 is 5.99. The molecular weight excluding hydrogens is 282 g/mol. The molecule has 21 heavy (non-hydrogen) atoms. The quantitative estimate of drug-likeness (QED) is 0.776. The number of hydrogen-bond acceptors (Lipinski definition) is 2. The molecule has 0 atom stereocenters. The summed E-state index contributed by atoms with van der Waals surface area (Å²) in [5.74, 6) is 0.842. The van der Waals surface area contributed by atoms with Gasteiger partial charge in [-0.25, -0.2) is 4.98 Å². The number of imidazole rings is 1.